The molecule has 1 N–H and O–H groups in total. The molecule has 2 aromatic rings. The van der Waals surface area contributed by atoms with E-state index in [2.05, 4.69) is 17.1 Å². The van der Waals surface area contributed by atoms with Crippen molar-refractivity contribution >= 4 is 16.7 Å². The van der Waals surface area contributed by atoms with Crippen LogP contribution in [0.25, 0.3) is 11.0 Å². The Labute approximate surface area is 112 Å². The monoisotopic (exact) mass is 258 g/mol. The number of fused-ring (bicyclic) bond motifs is 1. The normalized spacial score (nSPS) is 19.9. The van der Waals surface area contributed by atoms with Crippen LogP contribution in [-0.2, 0) is 0 Å². The molecule has 100 valence electrons. The molecule has 1 aromatic heterocycles. The van der Waals surface area contributed by atoms with E-state index in [-0.39, 0.29) is 5.63 Å². The number of hydrogen-bond acceptors (Lipinski definition) is 4. The molecule has 0 spiro atoms. The second kappa shape index (κ2) is 4.70. The first-order chi connectivity index (χ1) is 9.18. The standard InChI is InChI=1S/C15H18N2O2/c1-10-9-16-7-8-17(10)14-11(2)15(18)19-13-6-4-3-5-12(13)14/h3-6,10,16H,7-9H2,1-2H3. The highest BCUT2D eigenvalue weighted by atomic mass is 16.4. The van der Waals surface area contributed by atoms with Crippen LogP contribution in [0.1, 0.15) is 12.5 Å². The number of rotatable bonds is 1. The Kier molecular flexibility index (Phi) is 3.03. The summed E-state index contributed by atoms with van der Waals surface area (Å²) in [5, 5.41) is 4.39. The van der Waals surface area contributed by atoms with E-state index in [0.29, 0.717) is 17.2 Å². The molecule has 1 aliphatic heterocycles. The molecule has 0 amide bonds. The van der Waals surface area contributed by atoms with Gasteiger partial charge in [0.1, 0.15) is 5.58 Å². The van der Waals surface area contributed by atoms with Gasteiger partial charge in [0, 0.05) is 31.1 Å². The number of nitrogens with one attached hydrogen (secondary N) is 1. The summed E-state index contributed by atoms with van der Waals surface area (Å²) < 4.78 is 5.36. The van der Waals surface area contributed by atoms with Gasteiger partial charge in [0.2, 0.25) is 0 Å². The minimum absolute atomic E-state index is 0.237. The molecule has 0 aliphatic carbocycles. The minimum Gasteiger partial charge on any atom is -0.422 e. The summed E-state index contributed by atoms with van der Waals surface area (Å²) >= 11 is 0. The number of hydrogen-bond donors (Lipinski definition) is 1. The van der Waals surface area contributed by atoms with Gasteiger partial charge in [-0.25, -0.2) is 4.79 Å². The van der Waals surface area contributed by atoms with Crippen molar-refractivity contribution in [2.45, 2.75) is 19.9 Å². The lowest BCUT2D eigenvalue weighted by Crippen LogP contribution is -2.50. The van der Waals surface area contributed by atoms with Gasteiger partial charge in [0.25, 0.3) is 0 Å². The third kappa shape index (κ3) is 2.02. The van der Waals surface area contributed by atoms with Crippen molar-refractivity contribution in [3.8, 4) is 0 Å². The van der Waals surface area contributed by atoms with Crippen molar-refractivity contribution < 1.29 is 4.42 Å². The van der Waals surface area contributed by atoms with Crippen LogP contribution in [0.15, 0.2) is 33.5 Å². The van der Waals surface area contributed by atoms with E-state index >= 15 is 0 Å². The largest absolute Gasteiger partial charge is 0.422 e. The molecule has 1 fully saturated rings. The second-order valence-corrected chi connectivity index (χ2v) is 5.11. The molecule has 1 unspecified atom stereocenters. The molecule has 19 heavy (non-hydrogen) atoms. The highest BCUT2D eigenvalue weighted by Gasteiger charge is 2.23. The Morgan fingerprint density at radius 2 is 2.16 bits per heavy atom. The average Bonchev–Trinajstić information content (AvgIpc) is 2.42. The predicted octanol–water partition coefficient (Wildman–Crippen LogP) is 1.90. The molecule has 0 saturated carbocycles. The van der Waals surface area contributed by atoms with Crippen LogP contribution in [0, 0.1) is 6.92 Å². The molecule has 1 atom stereocenters. The molecule has 0 bridgehead atoms. The maximum Gasteiger partial charge on any atom is 0.341 e. The van der Waals surface area contributed by atoms with Crippen LogP contribution in [-0.4, -0.2) is 25.7 Å². The van der Waals surface area contributed by atoms with Crippen molar-refractivity contribution in [3.63, 3.8) is 0 Å². The predicted molar refractivity (Wildman–Crippen MR) is 76.9 cm³/mol. The first kappa shape index (κ1) is 12.2. The van der Waals surface area contributed by atoms with Gasteiger partial charge in [-0.1, -0.05) is 12.1 Å². The summed E-state index contributed by atoms with van der Waals surface area (Å²) in [5.41, 5.74) is 2.16. The summed E-state index contributed by atoms with van der Waals surface area (Å²) in [6.45, 7) is 6.82. The van der Waals surface area contributed by atoms with Gasteiger partial charge < -0.3 is 14.6 Å². The smallest absolute Gasteiger partial charge is 0.341 e. The van der Waals surface area contributed by atoms with Gasteiger partial charge in [-0.15, -0.1) is 0 Å². The summed E-state index contributed by atoms with van der Waals surface area (Å²) in [5.74, 6) is 0. The van der Waals surface area contributed by atoms with Crippen molar-refractivity contribution in [1.29, 1.82) is 0 Å². The minimum atomic E-state index is -0.237. The van der Waals surface area contributed by atoms with Gasteiger partial charge in [-0.3, -0.25) is 0 Å². The van der Waals surface area contributed by atoms with Crippen LogP contribution in [0.3, 0.4) is 0 Å². The van der Waals surface area contributed by atoms with Crippen molar-refractivity contribution in [1.82, 2.24) is 5.32 Å². The van der Waals surface area contributed by atoms with Crippen LogP contribution in [0.4, 0.5) is 5.69 Å². The maximum atomic E-state index is 12.0. The second-order valence-electron chi connectivity index (χ2n) is 5.11. The van der Waals surface area contributed by atoms with E-state index in [1.165, 1.54) is 0 Å². The van der Waals surface area contributed by atoms with E-state index in [4.69, 9.17) is 4.42 Å². The topological polar surface area (TPSA) is 45.5 Å². The third-order valence-electron chi connectivity index (χ3n) is 3.79. The van der Waals surface area contributed by atoms with Crippen LogP contribution in [0.2, 0.25) is 0 Å². The SMILES string of the molecule is Cc1c(N2CCNCC2C)c2ccccc2oc1=O. The summed E-state index contributed by atoms with van der Waals surface area (Å²) in [6, 6.07) is 8.13. The van der Waals surface area contributed by atoms with Gasteiger partial charge in [0.05, 0.1) is 11.3 Å². The van der Waals surface area contributed by atoms with Crippen LogP contribution in [0.5, 0.6) is 0 Å². The van der Waals surface area contributed by atoms with Gasteiger partial charge in [-0.05, 0) is 26.0 Å². The van der Waals surface area contributed by atoms with Crippen LogP contribution < -0.4 is 15.8 Å². The van der Waals surface area contributed by atoms with Gasteiger partial charge >= 0.3 is 5.63 Å². The molecule has 1 aliphatic rings. The maximum absolute atomic E-state index is 12.0. The molecule has 2 heterocycles. The van der Waals surface area contributed by atoms with E-state index in [1.807, 2.05) is 31.2 Å². The number of para-hydroxylation sites is 1. The molecule has 0 radical (unpaired) electrons. The van der Waals surface area contributed by atoms with E-state index in [1.54, 1.807) is 0 Å². The van der Waals surface area contributed by atoms with Crippen molar-refractivity contribution in [2.75, 3.05) is 24.5 Å². The zero-order chi connectivity index (χ0) is 13.4. The Morgan fingerprint density at radius 1 is 1.37 bits per heavy atom. The Morgan fingerprint density at radius 3 is 2.95 bits per heavy atom. The van der Waals surface area contributed by atoms with E-state index in [9.17, 15) is 4.79 Å². The lowest BCUT2D eigenvalue weighted by atomic mass is 10.1. The Hall–Kier alpha value is -1.81. The molecule has 1 aromatic carbocycles. The van der Waals surface area contributed by atoms with E-state index in [0.717, 1.165) is 30.7 Å². The highest BCUT2D eigenvalue weighted by molar-refractivity contribution is 5.92. The molecule has 1 saturated heterocycles. The number of anilines is 1. The zero-order valence-electron chi connectivity index (χ0n) is 11.3. The molecule has 4 nitrogen and oxygen atoms in total. The third-order valence-corrected chi connectivity index (χ3v) is 3.79. The van der Waals surface area contributed by atoms with Crippen molar-refractivity contribution in [3.05, 3.63) is 40.2 Å². The zero-order valence-corrected chi connectivity index (χ0v) is 11.3. The quantitative estimate of drug-likeness (QED) is 0.794. The number of piperazine rings is 1. The summed E-state index contributed by atoms with van der Waals surface area (Å²) in [4.78, 5) is 14.3. The highest BCUT2D eigenvalue weighted by Crippen LogP contribution is 2.30. The number of benzene rings is 1. The lowest BCUT2D eigenvalue weighted by molar-refractivity contribution is 0.497. The first-order valence-electron chi connectivity index (χ1n) is 6.68. The molecular formula is C15H18N2O2. The Bertz CT molecular complexity index is 663. The summed E-state index contributed by atoms with van der Waals surface area (Å²) in [7, 11) is 0. The molecule has 3 rings (SSSR count). The fourth-order valence-corrected chi connectivity index (χ4v) is 2.77. The average molecular weight is 258 g/mol. The first-order valence-corrected chi connectivity index (χ1v) is 6.68. The lowest BCUT2D eigenvalue weighted by Gasteiger charge is -2.37. The Balaban J connectivity index is 2.26. The van der Waals surface area contributed by atoms with Crippen LogP contribution >= 0.6 is 0 Å². The molecular weight excluding hydrogens is 240 g/mol. The molecule has 4 heteroatoms. The van der Waals surface area contributed by atoms with Gasteiger partial charge in [-0.2, -0.15) is 0 Å². The summed E-state index contributed by atoms with van der Waals surface area (Å²) in [6.07, 6.45) is 0. The van der Waals surface area contributed by atoms with E-state index < -0.39 is 0 Å². The van der Waals surface area contributed by atoms with Gasteiger partial charge in [0.15, 0.2) is 0 Å². The van der Waals surface area contributed by atoms with Crippen molar-refractivity contribution in [2.24, 2.45) is 0 Å². The fourth-order valence-electron chi connectivity index (χ4n) is 2.77. The fraction of sp³-hybridized carbons (Fsp3) is 0.400. The number of nitrogens with zero attached hydrogens (tertiary/aromatic N) is 1.